The summed E-state index contributed by atoms with van der Waals surface area (Å²) < 4.78 is 1.87. The number of amides is 1. The van der Waals surface area contributed by atoms with Gasteiger partial charge >= 0.3 is 5.97 Å². The molecule has 2 rings (SSSR count). The largest absolute Gasteiger partial charge is 0.494 e. The maximum Gasteiger partial charge on any atom is 0.333 e. The molecule has 0 aliphatic rings. The fourth-order valence-corrected chi connectivity index (χ4v) is 2.42. The summed E-state index contributed by atoms with van der Waals surface area (Å²) in [5.74, 6) is -1.75. The standard InChI is InChI=1S/C17H23N3O7/c21-12(9-11-19-13(22)5-6-14(19)23)18-10-3-1-2-4-17(26)27-20-15(24)7-8-16(20)25/h5-8,22-25H,1-4,9-11H2,(H,18,21). The molecule has 0 radical (unpaired) electrons. The zero-order chi connectivity index (χ0) is 19.8. The first-order valence-electron chi connectivity index (χ1n) is 8.53. The van der Waals surface area contributed by atoms with Crippen molar-refractivity contribution < 1.29 is 34.9 Å². The molecule has 1 amide bonds. The Morgan fingerprint density at radius 1 is 0.852 bits per heavy atom. The van der Waals surface area contributed by atoms with E-state index >= 15 is 0 Å². The molecule has 0 spiro atoms. The Labute approximate surface area is 155 Å². The number of unbranched alkanes of at least 4 members (excludes halogenated alkanes) is 2. The van der Waals surface area contributed by atoms with Crippen molar-refractivity contribution in [2.24, 2.45) is 0 Å². The molecule has 5 N–H and O–H groups in total. The first-order valence-corrected chi connectivity index (χ1v) is 8.53. The van der Waals surface area contributed by atoms with Crippen molar-refractivity contribution in [3.8, 4) is 23.5 Å². The lowest BCUT2D eigenvalue weighted by atomic mass is 10.2. The van der Waals surface area contributed by atoms with Crippen molar-refractivity contribution in [2.75, 3.05) is 6.54 Å². The first-order chi connectivity index (χ1) is 12.9. The van der Waals surface area contributed by atoms with Crippen LogP contribution in [0, 0.1) is 0 Å². The van der Waals surface area contributed by atoms with Crippen molar-refractivity contribution >= 4 is 11.9 Å². The van der Waals surface area contributed by atoms with Crippen LogP contribution in [0.15, 0.2) is 24.3 Å². The van der Waals surface area contributed by atoms with Crippen LogP contribution in [-0.4, -0.2) is 48.1 Å². The molecule has 0 atom stereocenters. The Morgan fingerprint density at radius 2 is 1.44 bits per heavy atom. The molecule has 0 saturated carbocycles. The average molecular weight is 381 g/mol. The third-order valence-electron chi connectivity index (χ3n) is 3.87. The van der Waals surface area contributed by atoms with Crippen LogP contribution >= 0.6 is 0 Å². The number of nitrogens with one attached hydrogen (secondary N) is 1. The molecule has 148 valence electrons. The van der Waals surface area contributed by atoms with Gasteiger partial charge in [-0.25, -0.2) is 4.79 Å². The fraction of sp³-hybridized carbons (Fsp3) is 0.412. The van der Waals surface area contributed by atoms with Gasteiger partial charge in [-0.15, -0.1) is 4.73 Å². The molecule has 0 saturated heterocycles. The van der Waals surface area contributed by atoms with E-state index in [9.17, 15) is 30.0 Å². The van der Waals surface area contributed by atoms with Crippen LogP contribution in [0.4, 0.5) is 0 Å². The van der Waals surface area contributed by atoms with E-state index in [0.29, 0.717) is 30.5 Å². The van der Waals surface area contributed by atoms with Gasteiger partial charge in [0.25, 0.3) is 0 Å². The summed E-state index contributed by atoms with van der Waals surface area (Å²) in [5.41, 5.74) is 0. The zero-order valence-corrected chi connectivity index (χ0v) is 14.7. The number of hydrogen-bond acceptors (Lipinski definition) is 7. The second-order valence-corrected chi connectivity index (χ2v) is 5.92. The van der Waals surface area contributed by atoms with Gasteiger partial charge in [0.1, 0.15) is 0 Å². The highest BCUT2D eigenvalue weighted by atomic mass is 16.7. The Bertz CT molecular complexity index is 743. The molecule has 10 heteroatoms. The molecule has 0 aliphatic heterocycles. The number of hydrogen-bond donors (Lipinski definition) is 5. The molecule has 27 heavy (non-hydrogen) atoms. The Hall–Kier alpha value is -3.30. The van der Waals surface area contributed by atoms with E-state index < -0.39 is 5.97 Å². The molecule has 2 aromatic rings. The lowest BCUT2D eigenvalue weighted by Gasteiger charge is -2.08. The normalized spacial score (nSPS) is 10.7. The summed E-state index contributed by atoms with van der Waals surface area (Å²) in [7, 11) is 0. The maximum absolute atomic E-state index is 11.7. The van der Waals surface area contributed by atoms with Gasteiger partial charge in [-0.1, -0.05) is 6.42 Å². The Kier molecular flexibility index (Phi) is 6.98. The van der Waals surface area contributed by atoms with Crippen molar-refractivity contribution in [2.45, 2.75) is 38.6 Å². The van der Waals surface area contributed by atoms with Crippen LogP contribution in [0.2, 0.25) is 0 Å². The highest BCUT2D eigenvalue weighted by molar-refractivity contribution is 5.75. The quantitative estimate of drug-likeness (QED) is 0.383. The van der Waals surface area contributed by atoms with Crippen LogP contribution in [0.25, 0.3) is 0 Å². The number of nitrogens with zero attached hydrogens (tertiary/aromatic N) is 2. The van der Waals surface area contributed by atoms with Gasteiger partial charge in [0.15, 0.2) is 11.8 Å². The van der Waals surface area contributed by atoms with E-state index in [1.54, 1.807) is 0 Å². The molecule has 0 aliphatic carbocycles. The fourth-order valence-electron chi connectivity index (χ4n) is 2.42. The molecule has 0 unspecified atom stereocenters. The van der Waals surface area contributed by atoms with Gasteiger partial charge in [0, 0.05) is 50.2 Å². The lowest BCUT2D eigenvalue weighted by molar-refractivity contribution is -0.145. The summed E-state index contributed by atoms with van der Waals surface area (Å²) in [4.78, 5) is 28.2. The van der Waals surface area contributed by atoms with E-state index in [1.165, 1.54) is 28.8 Å². The van der Waals surface area contributed by atoms with Crippen LogP contribution in [-0.2, 0) is 16.1 Å². The number of rotatable bonds is 10. The molecular formula is C17H23N3O7. The molecule has 2 aromatic heterocycles. The SMILES string of the molecule is O=C(CCn1c(O)ccc1O)NCCCCCC(=O)On1c(O)ccc1O. The number of carbonyl (C=O) groups excluding carboxylic acids is 2. The van der Waals surface area contributed by atoms with Crippen LogP contribution in [0.3, 0.4) is 0 Å². The first kappa shape index (κ1) is 20.0. The molecule has 10 nitrogen and oxygen atoms in total. The van der Waals surface area contributed by atoms with Crippen molar-refractivity contribution in [1.82, 2.24) is 14.6 Å². The monoisotopic (exact) mass is 381 g/mol. The Morgan fingerprint density at radius 3 is 2.07 bits per heavy atom. The van der Waals surface area contributed by atoms with E-state index in [4.69, 9.17) is 4.84 Å². The smallest absolute Gasteiger partial charge is 0.333 e. The maximum atomic E-state index is 11.7. The van der Waals surface area contributed by atoms with E-state index in [2.05, 4.69) is 5.32 Å². The van der Waals surface area contributed by atoms with Crippen molar-refractivity contribution in [3.05, 3.63) is 24.3 Å². The second-order valence-electron chi connectivity index (χ2n) is 5.92. The van der Waals surface area contributed by atoms with Crippen LogP contribution < -0.4 is 10.2 Å². The van der Waals surface area contributed by atoms with E-state index in [-0.39, 0.29) is 48.8 Å². The van der Waals surface area contributed by atoms with Gasteiger partial charge in [-0.2, -0.15) is 0 Å². The van der Waals surface area contributed by atoms with E-state index in [1.807, 2.05) is 0 Å². The van der Waals surface area contributed by atoms with Crippen LogP contribution in [0.5, 0.6) is 23.5 Å². The summed E-state index contributed by atoms with van der Waals surface area (Å²) in [5, 5.41) is 40.4. The predicted molar refractivity (Wildman–Crippen MR) is 93.2 cm³/mol. The molecular weight excluding hydrogens is 358 g/mol. The van der Waals surface area contributed by atoms with Gasteiger partial charge < -0.3 is 30.6 Å². The molecule has 2 heterocycles. The topological polar surface area (TPSA) is 146 Å². The molecule has 0 fully saturated rings. The minimum atomic E-state index is -0.591. The second kappa shape index (κ2) is 9.41. The Balaban J connectivity index is 1.54. The van der Waals surface area contributed by atoms with E-state index in [0.717, 1.165) is 0 Å². The van der Waals surface area contributed by atoms with Crippen molar-refractivity contribution in [1.29, 1.82) is 0 Å². The minimum Gasteiger partial charge on any atom is -0.494 e. The third kappa shape index (κ3) is 5.87. The predicted octanol–water partition coefficient (Wildman–Crippen LogP) is 0.834. The number of aromatic nitrogens is 2. The molecule has 0 bridgehead atoms. The lowest BCUT2D eigenvalue weighted by Crippen LogP contribution is -2.25. The third-order valence-corrected chi connectivity index (χ3v) is 3.87. The summed E-state index contributed by atoms with van der Waals surface area (Å²) in [6.45, 7) is 0.609. The summed E-state index contributed by atoms with van der Waals surface area (Å²) >= 11 is 0. The van der Waals surface area contributed by atoms with Gasteiger partial charge in [0.05, 0.1) is 0 Å². The highest BCUT2D eigenvalue weighted by Gasteiger charge is 2.12. The van der Waals surface area contributed by atoms with Gasteiger partial charge in [0.2, 0.25) is 17.7 Å². The summed E-state index contributed by atoms with van der Waals surface area (Å²) in [6.07, 6.45) is 2.10. The minimum absolute atomic E-state index is 0.103. The summed E-state index contributed by atoms with van der Waals surface area (Å²) in [6, 6.07) is 5.09. The zero-order valence-electron chi connectivity index (χ0n) is 14.7. The van der Waals surface area contributed by atoms with Crippen LogP contribution in [0.1, 0.15) is 32.1 Å². The number of carbonyl (C=O) groups is 2. The van der Waals surface area contributed by atoms with Gasteiger partial charge in [-0.3, -0.25) is 9.36 Å². The number of aromatic hydroxyl groups is 4. The van der Waals surface area contributed by atoms with Gasteiger partial charge in [-0.05, 0) is 12.8 Å². The van der Waals surface area contributed by atoms with Crippen molar-refractivity contribution in [3.63, 3.8) is 0 Å². The molecule has 0 aromatic carbocycles. The highest BCUT2D eigenvalue weighted by Crippen LogP contribution is 2.21. The average Bonchev–Trinajstić information content (AvgIpc) is 3.12.